The summed E-state index contributed by atoms with van der Waals surface area (Å²) in [4.78, 5) is 12.0. The first kappa shape index (κ1) is 12.7. The van der Waals surface area contributed by atoms with Gasteiger partial charge in [0.05, 0.1) is 5.41 Å². The summed E-state index contributed by atoms with van der Waals surface area (Å²) in [6.45, 7) is 6.52. The number of aryl methyl sites for hydroxylation is 1. The van der Waals surface area contributed by atoms with E-state index in [4.69, 9.17) is 0 Å². The molecule has 88 valence electrons. The van der Waals surface area contributed by atoms with Crippen LogP contribution in [0.5, 0.6) is 0 Å². The Kier molecular flexibility index (Phi) is 4.07. The van der Waals surface area contributed by atoms with Crippen molar-refractivity contribution < 1.29 is 4.79 Å². The maximum Gasteiger partial charge on any atom is 0.231 e. The van der Waals surface area contributed by atoms with Crippen LogP contribution in [0.25, 0.3) is 0 Å². The lowest BCUT2D eigenvalue weighted by Gasteiger charge is -2.23. The number of carbonyl (C=O) groups is 1. The molecular formula is C13H20N2O. The zero-order chi connectivity index (χ0) is 12.2. The molecule has 0 unspecified atom stereocenters. The number of nitrogens with one attached hydrogen (secondary N) is 2. The summed E-state index contributed by atoms with van der Waals surface area (Å²) in [5.41, 5.74) is 1.59. The van der Waals surface area contributed by atoms with E-state index < -0.39 is 5.41 Å². The van der Waals surface area contributed by atoms with Gasteiger partial charge in [0.2, 0.25) is 5.91 Å². The number of benzene rings is 1. The second-order valence-electron chi connectivity index (χ2n) is 4.74. The van der Waals surface area contributed by atoms with Gasteiger partial charge in [0.1, 0.15) is 0 Å². The molecular weight excluding hydrogens is 200 g/mol. The molecule has 3 nitrogen and oxygen atoms in total. The van der Waals surface area contributed by atoms with Gasteiger partial charge in [-0.3, -0.25) is 4.79 Å². The first-order chi connectivity index (χ1) is 7.45. The minimum absolute atomic E-state index is 0.0347. The maximum absolute atomic E-state index is 12.0. The Balaban J connectivity index is 2.71. The molecule has 0 saturated heterocycles. The summed E-state index contributed by atoms with van der Waals surface area (Å²) < 4.78 is 0. The first-order valence-corrected chi connectivity index (χ1v) is 5.48. The normalized spacial score (nSPS) is 11.2. The van der Waals surface area contributed by atoms with Crippen molar-refractivity contribution in [2.45, 2.75) is 20.8 Å². The predicted molar refractivity (Wildman–Crippen MR) is 67.5 cm³/mol. The Morgan fingerprint density at radius 2 is 2.06 bits per heavy atom. The van der Waals surface area contributed by atoms with Crippen molar-refractivity contribution in [2.24, 2.45) is 5.41 Å². The smallest absolute Gasteiger partial charge is 0.231 e. The van der Waals surface area contributed by atoms with Crippen molar-refractivity contribution in [1.82, 2.24) is 5.32 Å². The van der Waals surface area contributed by atoms with E-state index in [9.17, 15) is 4.79 Å². The van der Waals surface area contributed by atoms with Crippen LogP contribution >= 0.6 is 0 Å². The molecule has 0 radical (unpaired) electrons. The Morgan fingerprint density at radius 3 is 2.62 bits per heavy atom. The maximum atomic E-state index is 12.0. The summed E-state index contributed by atoms with van der Waals surface area (Å²) >= 11 is 0. The average Bonchev–Trinajstić information content (AvgIpc) is 2.17. The Hall–Kier alpha value is -1.35. The summed E-state index contributed by atoms with van der Waals surface area (Å²) in [5.74, 6) is 0.0347. The molecule has 0 atom stereocenters. The summed E-state index contributed by atoms with van der Waals surface area (Å²) in [5, 5.41) is 5.95. The first-order valence-electron chi connectivity index (χ1n) is 5.48. The van der Waals surface area contributed by atoms with E-state index in [-0.39, 0.29) is 5.91 Å². The van der Waals surface area contributed by atoms with Gasteiger partial charge in [0, 0.05) is 12.2 Å². The highest BCUT2D eigenvalue weighted by Crippen LogP contribution is 2.18. The van der Waals surface area contributed by atoms with Gasteiger partial charge in [-0.25, -0.2) is 0 Å². The third kappa shape index (κ3) is 3.35. The highest BCUT2D eigenvalue weighted by molar-refractivity contribution is 5.95. The highest BCUT2D eigenvalue weighted by atomic mass is 16.2. The van der Waals surface area contributed by atoms with Crippen LogP contribution in [0, 0.1) is 12.3 Å². The van der Waals surface area contributed by atoms with Gasteiger partial charge >= 0.3 is 0 Å². The van der Waals surface area contributed by atoms with E-state index >= 15 is 0 Å². The van der Waals surface area contributed by atoms with E-state index in [0.29, 0.717) is 6.54 Å². The van der Waals surface area contributed by atoms with E-state index in [1.807, 2.05) is 52.1 Å². The SMILES string of the molecule is CNCC(C)(C)C(=O)Nc1cccc(C)c1. The van der Waals surface area contributed by atoms with Gasteiger partial charge in [-0.05, 0) is 45.5 Å². The Bertz CT molecular complexity index is 372. The lowest BCUT2D eigenvalue weighted by atomic mass is 9.92. The molecule has 1 aromatic rings. The largest absolute Gasteiger partial charge is 0.326 e. The molecule has 1 rings (SSSR count). The lowest BCUT2D eigenvalue weighted by Crippen LogP contribution is -2.38. The number of anilines is 1. The molecule has 0 aromatic heterocycles. The molecule has 0 aliphatic heterocycles. The quantitative estimate of drug-likeness (QED) is 0.816. The van der Waals surface area contributed by atoms with E-state index in [1.54, 1.807) is 0 Å². The van der Waals surface area contributed by atoms with Crippen molar-refractivity contribution in [2.75, 3.05) is 18.9 Å². The molecule has 0 saturated carbocycles. The van der Waals surface area contributed by atoms with Crippen molar-refractivity contribution in [3.63, 3.8) is 0 Å². The summed E-state index contributed by atoms with van der Waals surface area (Å²) in [6.07, 6.45) is 0. The van der Waals surface area contributed by atoms with Crippen LogP contribution in [0.1, 0.15) is 19.4 Å². The van der Waals surface area contributed by atoms with Crippen molar-refractivity contribution >= 4 is 11.6 Å². The van der Waals surface area contributed by atoms with Gasteiger partial charge in [-0.2, -0.15) is 0 Å². The minimum Gasteiger partial charge on any atom is -0.326 e. The molecule has 0 aliphatic carbocycles. The molecule has 0 spiro atoms. The van der Waals surface area contributed by atoms with E-state index in [1.165, 1.54) is 0 Å². The molecule has 16 heavy (non-hydrogen) atoms. The third-order valence-corrected chi connectivity index (χ3v) is 2.51. The number of carbonyl (C=O) groups excluding carboxylic acids is 1. The van der Waals surface area contributed by atoms with Crippen LogP contribution in [0.4, 0.5) is 5.69 Å². The Morgan fingerprint density at radius 1 is 1.38 bits per heavy atom. The van der Waals surface area contributed by atoms with E-state index in [0.717, 1.165) is 11.3 Å². The van der Waals surface area contributed by atoms with Crippen molar-refractivity contribution in [3.05, 3.63) is 29.8 Å². The zero-order valence-corrected chi connectivity index (χ0v) is 10.4. The molecule has 2 N–H and O–H groups in total. The molecule has 3 heteroatoms. The molecule has 0 fully saturated rings. The second-order valence-corrected chi connectivity index (χ2v) is 4.74. The standard InChI is InChI=1S/C13H20N2O/c1-10-6-5-7-11(8-10)15-12(16)13(2,3)9-14-4/h5-8,14H,9H2,1-4H3,(H,15,16). The van der Waals surface area contributed by atoms with Crippen LogP contribution in [-0.4, -0.2) is 19.5 Å². The number of hydrogen-bond donors (Lipinski definition) is 2. The van der Waals surface area contributed by atoms with Crippen molar-refractivity contribution in [1.29, 1.82) is 0 Å². The average molecular weight is 220 g/mol. The lowest BCUT2D eigenvalue weighted by molar-refractivity contribution is -0.123. The van der Waals surface area contributed by atoms with Crippen molar-refractivity contribution in [3.8, 4) is 0 Å². The van der Waals surface area contributed by atoms with Crippen LogP contribution in [0.3, 0.4) is 0 Å². The van der Waals surface area contributed by atoms with Gasteiger partial charge < -0.3 is 10.6 Å². The van der Waals surface area contributed by atoms with Gasteiger partial charge in [-0.15, -0.1) is 0 Å². The number of hydrogen-bond acceptors (Lipinski definition) is 2. The molecule has 0 aliphatic rings. The van der Waals surface area contributed by atoms with Gasteiger partial charge in [0.25, 0.3) is 0 Å². The highest BCUT2D eigenvalue weighted by Gasteiger charge is 2.26. The summed E-state index contributed by atoms with van der Waals surface area (Å²) in [6, 6.07) is 7.82. The molecule has 0 bridgehead atoms. The Labute approximate surface area is 97.2 Å². The number of rotatable bonds is 4. The van der Waals surface area contributed by atoms with Crippen LogP contribution in [0.2, 0.25) is 0 Å². The van der Waals surface area contributed by atoms with Gasteiger partial charge in [-0.1, -0.05) is 12.1 Å². The number of amides is 1. The molecule has 1 aromatic carbocycles. The minimum atomic E-state index is -0.404. The third-order valence-electron chi connectivity index (χ3n) is 2.51. The fraction of sp³-hybridized carbons (Fsp3) is 0.462. The monoisotopic (exact) mass is 220 g/mol. The van der Waals surface area contributed by atoms with E-state index in [2.05, 4.69) is 10.6 Å². The fourth-order valence-corrected chi connectivity index (χ4v) is 1.55. The second kappa shape index (κ2) is 5.12. The zero-order valence-electron chi connectivity index (χ0n) is 10.4. The molecule has 1 amide bonds. The van der Waals surface area contributed by atoms with Crippen LogP contribution < -0.4 is 10.6 Å². The topological polar surface area (TPSA) is 41.1 Å². The van der Waals surface area contributed by atoms with Crippen LogP contribution in [0.15, 0.2) is 24.3 Å². The molecule has 0 heterocycles. The van der Waals surface area contributed by atoms with Gasteiger partial charge in [0.15, 0.2) is 0 Å². The van der Waals surface area contributed by atoms with Crippen LogP contribution in [-0.2, 0) is 4.79 Å². The fourth-order valence-electron chi connectivity index (χ4n) is 1.55. The summed E-state index contributed by atoms with van der Waals surface area (Å²) in [7, 11) is 1.85. The predicted octanol–water partition coefficient (Wildman–Crippen LogP) is 2.18.